The van der Waals surface area contributed by atoms with Gasteiger partial charge in [-0.25, -0.2) is 13.1 Å². The second-order valence-corrected chi connectivity index (χ2v) is 7.72. The average Bonchev–Trinajstić information content (AvgIpc) is 2.71. The van der Waals surface area contributed by atoms with Crippen LogP contribution < -0.4 is 10.5 Å². The van der Waals surface area contributed by atoms with Gasteiger partial charge >= 0.3 is 0 Å². The molecular formula is C12H13BrN2O2S2. The molecule has 0 fully saturated rings. The van der Waals surface area contributed by atoms with E-state index in [1.807, 2.05) is 18.4 Å². The molecule has 102 valence electrons. The molecule has 0 amide bonds. The molecule has 1 aromatic carbocycles. The van der Waals surface area contributed by atoms with Gasteiger partial charge in [0.1, 0.15) is 0 Å². The number of nitrogens with one attached hydrogen (secondary N) is 1. The SMILES string of the molecule is Cc1cc(N)cc(S(=O)(=O)NCc2sccc2Br)c1. The second-order valence-electron chi connectivity index (χ2n) is 4.10. The number of rotatable bonds is 4. The molecule has 7 heteroatoms. The predicted molar refractivity (Wildman–Crippen MR) is 81.6 cm³/mol. The zero-order valence-corrected chi connectivity index (χ0v) is 13.4. The molecule has 1 heterocycles. The van der Waals surface area contributed by atoms with Gasteiger partial charge in [-0.1, -0.05) is 0 Å². The third-order valence-electron chi connectivity index (χ3n) is 2.50. The fraction of sp³-hybridized carbons (Fsp3) is 0.167. The van der Waals surface area contributed by atoms with Gasteiger partial charge < -0.3 is 5.73 Å². The minimum absolute atomic E-state index is 0.192. The Bertz CT molecular complexity index is 675. The maximum Gasteiger partial charge on any atom is 0.240 e. The summed E-state index contributed by atoms with van der Waals surface area (Å²) in [6, 6.07) is 6.68. The summed E-state index contributed by atoms with van der Waals surface area (Å²) in [5, 5.41) is 1.90. The molecule has 0 unspecified atom stereocenters. The Hall–Kier alpha value is -0.890. The number of sulfonamides is 1. The summed E-state index contributed by atoms with van der Waals surface area (Å²) < 4.78 is 27.8. The molecular weight excluding hydrogens is 348 g/mol. The second kappa shape index (κ2) is 5.62. The summed E-state index contributed by atoms with van der Waals surface area (Å²) in [7, 11) is -3.54. The first-order valence-corrected chi connectivity index (χ1v) is 8.63. The number of aryl methyl sites for hydroxylation is 1. The first-order chi connectivity index (χ1) is 8.88. The van der Waals surface area contributed by atoms with Crippen LogP contribution in [0.5, 0.6) is 0 Å². The number of thiophene rings is 1. The van der Waals surface area contributed by atoms with Gasteiger partial charge in [0.25, 0.3) is 0 Å². The van der Waals surface area contributed by atoms with E-state index in [4.69, 9.17) is 5.73 Å². The van der Waals surface area contributed by atoms with Gasteiger partial charge in [0.15, 0.2) is 0 Å². The van der Waals surface area contributed by atoms with Crippen molar-refractivity contribution in [3.05, 3.63) is 44.6 Å². The number of benzene rings is 1. The lowest BCUT2D eigenvalue weighted by atomic mass is 10.2. The fourth-order valence-electron chi connectivity index (χ4n) is 1.63. The Balaban J connectivity index is 2.21. The van der Waals surface area contributed by atoms with Gasteiger partial charge in [0.05, 0.1) is 4.90 Å². The minimum atomic E-state index is -3.54. The van der Waals surface area contributed by atoms with Crippen LogP contribution in [0.15, 0.2) is 39.0 Å². The fourth-order valence-corrected chi connectivity index (χ4v) is 4.28. The first-order valence-electron chi connectivity index (χ1n) is 5.47. The molecule has 0 saturated heterocycles. The molecule has 4 nitrogen and oxygen atoms in total. The average molecular weight is 361 g/mol. The normalized spacial score (nSPS) is 11.7. The monoisotopic (exact) mass is 360 g/mol. The Morgan fingerprint density at radius 2 is 2.11 bits per heavy atom. The van der Waals surface area contributed by atoms with E-state index in [1.54, 1.807) is 12.1 Å². The lowest BCUT2D eigenvalue weighted by Crippen LogP contribution is -2.23. The zero-order chi connectivity index (χ0) is 14.0. The highest BCUT2D eigenvalue weighted by atomic mass is 79.9. The van der Waals surface area contributed by atoms with Crippen LogP contribution in [0, 0.1) is 6.92 Å². The van der Waals surface area contributed by atoms with Gasteiger partial charge in [-0.05, 0) is 58.1 Å². The molecule has 0 saturated carbocycles. The van der Waals surface area contributed by atoms with Gasteiger partial charge in [0.2, 0.25) is 10.0 Å². The number of hydrogen-bond acceptors (Lipinski definition) is 4. The lowest BCUT2D eigenvalue weighted by Gasteiger charge is -2.08. The molecule has 0 aliphatic carbocycles. The molecule has 0 spiro atoms. The van der Waals surface area contributed by atoms with Crippen LogP contribution >= 0.6 is 27.3 Å². The number of hydrogen-bond donors (Lipinski definition) is 2. The Labute approximate surface area is 124 Å². The van der Waals surface area contributed by atoms with Crippen molar-refractivity contribution in [2.75, 3.05) is 5.73 Å². The zero-order valence-electron chi connectivity index (χ0n) is 10.2. The highest BCUT2D eigenvalue weighted by molar-refractivity contribution is 9.10. The highest BCUT2D eigenvalue weighted by Gasteiger charge is 2.15. The summed E-state index contributed by atoms with van der Waals surface area (Å²) in [5.74, 6) is 0. The minimum Gasteiger partial charge on any atom is -0.399 e. The third-order valence-corrected chi connectivity index (χ3v) is 5.80. The van der Waals surface area contributed by atoms with Crippen molar-refractivity contribution in [3.8, 4) is 0 Å². The summed E-state index contributed by atoms with van der Waals surface area (Å²) in [6.45, 7) is 2.07. The van der Waals surface area contributed by atoms with E-state index in [0.29, 0.717) is 5.69 Å². The Morgan fingerprint density at radius 1 is 1.37 bits per heavy atom. The predicted octanol–water partition coefficient (Wildman–Crippen LogP) is 2.88. The summed E-state index contributed by atoms with van der Waals surface area (Å²) in [6.07, 6.45) is 0. The third kappa shape index (κ3) is 3.56. The summed E-state index contributed by atoms with van der Waals surface area (Å²) in [4.78, 5) is 1.13. The molecule has 0 bridgehead atoms. The molecule has 2 rings (SSSR count). The first kappa shape index (κ1) is 14.5. The largest absolute Gasteiger partial charge is 0.399 e. The van der Waals surface area contributed by atoms with Gasteiger partial charge in [0, 0.05) is 21.6 Å². The van der Waals surface area contributed by atoms with Crippen LogP contribution in [0.1, 0.15) is 10.4 Å². The number of nitrogens with two attached hydrogens (primary N) is 1. The van der Waals surface area contributed by atoms with E-state index in [2.05, 4.69) is 20.7 Å². The van der Waals surface area contributed by atoms with Gasteiger partial charge in [-0.15, -0.1) is 11.3 Å². The summed E-state index contributed by atoms with van der Waals surface area (Å²) in [5.41, 5.74) is 6.93. The van der Waals surface area contributed by atoms with Crippen LogP contribution in [0.4, 0.5) is 5.69 Å². The van der Waals surface area contributed by atoms with Crippen LogP contribution in [0.25, 0.3) is 0 Å². The Morgan fingerprint density at radius 3 is 2.68 bits per heavy atom. The van der Waals surface area contributed by atoms with Crippen LogP contribution in [-0.2, 0) is 16.6 Å². The van der Waals surface area contributed by atoms with Crippen molar-refractivity contribution in [1.29, 1.82) is 0 Å². The maximum atomic E-state index is 12.2. The molecule has 3 N–H and O–H groups in total. The molecule has 2 aromatic rings. The standard InChI is InChI=1S/C12H13BrN2O2S2/c1-8-4-9(14)6-10(5-8)19(16,17)15-7-12-11(13)2-3-18-12/h2-6,15H,7,14H2,1H3. The molecule has 0 aliphatic heterocycles. The van der Waals surface area contributed by atoms with Crippen molar-refractivity contribution in [3.63, 3.8) is 0 Å². The van der Waals surface area contributed by atoms with Crippen LogP contribution in [0.3, 0.4) is 0 Å². The van der Waals surface area contributed by atoms with Crippen LogP contribution in [0.2, 0.25) is 0 Å². The smallest absolute Gasteiger partial charge is 0.240 e. The van der Waals surface area contributed by atoms with E-state index in [1.165, 1.54) is 17.4 Å². The van der Waals surface area contributed by atoms with Crippen molar-refractivity contribution in [2.45, 2.75) is 18.4 Å². The molecule has 19 heavy (non-hydrogen) atoms. The number of anilines is 1. The van der Waals surface area contributed by atoms with E-state index in [-0.39, 0.29) is 11.4 Å². The lowest BCUT2D eigenvalue weighted by molar-refractivity contribution is 0.581. The quantitative estimate of drug-likeness (QED) is 0.823. The van der Waals surface area contributed by atoms with E-state index in [0.717, 1.165) is 14.9 Å². The van der Waals surface area contributed by atoms with E-state index >= 15 is 0 Å². The molecule has 0 atom stereocenters. The van der Waals surface area contributed by atoms with Crippen molar-refractivity contribution in [2.24, 2.45) is 0 Å². The van der Waals surface area contributed by atoms with Gasteiger partial charge in [-0.2, -0.15) is 0 Å². The van der Waals surface area contributed by atoms with E-state index < -0.39 is 10.0 Å². The van der Waals surface area contributed by atoms with E-state index in [9.17, 15) is 8.42 Å². The summed E-state index contributed by atoms with van der Waals surface area (Å²) >= 11 is 4.86. The highest BCUT2D eigenvalue weighted by Crippen LogP contribution is 2.23. The Kier molecular flexibility index (Phi) is 4.29. The number of nitrogen functional groups attached to an aromatic ring is 1. The topological polar surface area (TPSA) is 72.2 Å². The van der Waals surface area contributed by atoms with Crippen molar-refractivity contribution >= 4 is 43.0 Å². The number of halogens is 1. The van der Waals surface area contributed by atoms with Crippen molar-refractivity contribution < 1.29 is 8.42 Å². The van der Waals surface area contributed by atoms with Gasteiger partial charge in [-0.3, -0.25) is 0 Å². The molecule has 1 aromatic heterocycles. The van der Waals surface area contributed by atoms with Crippen LogP contribution in [-0.4, -0.2) is 8.42 Å². The molecule has 0 radical (unpaired) electrons. The molecule has 0 aliphatic rings. The maximum absolute atomic E-state index is 12.2. The van der Waals surface area contributed by atoms with Crippen molar-refractivity contribution in [1.82, 2.24) is 4.72 Å².